The highest BCUT2D eigenvalue weighted by molar-refractivity contribution is 6.33. The fraction of sp³-hybridized carbons (Fsp3) is 0.562. The summed E-state index contributed by atoms with van der Waals surface area (Å²) >= 11 is 6.21. The summed E-state index contributed by atoms with van der Waals surface area (Å²) in [5.74, 6) is -0.151. The van der Waals surface area contributed by atoms with E-state index in [1.807, 2.05) is 31.2 Å². The lowest BCUT2D eigenvalue weighted by atomic mass is 9.89. The molecule has 0 heterocycles. The Hall–Kier alpha value is -1.22. The van der Waals surface area contributed by atoms with Gasteiger partial charge < -0.3 is 10.1 Å². The Morgan fingerprint density at radius 2 is 1.90 bits per heavy atom. The molecule has 0 aromatic heterocycles. The van der Waals surface area contributed by atoms with Crippen LogP contribution < -0.4 is 5.32 Å². The fourth-order valence-corrected chi connectivity index (χ4v) is 2.98. The van der Waals surface area contributed by atoms with Gasteiger partial charge in [0, 0.05) is 0 Å². The maximum absolute atomic E-state index is 12.5. The minimum atomic E-state index is -0.627. The molecule has 0 atom stereocenters. The molecule has 1 aromatic rings. The van der Waals surface area contributed by atoms with Crippen molar-refractivity contribution in [3.63, 3.8) is 0 Å². The first-order chi connectivity index (χ1) is 9.68. The third-order valence-electron chi connectivity index (χ3n) is 3.87. The molecule has 0 saturated heterocycles. The van der Waals surface area contributed by atoms with E-state index < -0.39 is 5.54 Å². The van der Waals surface area contributed by atoms with Crippen molar-refractivity contribution < 1.29 is 9.53 Å². The molecule has 0 unspecified atom stereocenters. The molecule has 1 fully saturated rings. The molecule has 1 aromatic carbocycles. The smallest absolute Gasteiger partial charge is 0.331 e. The lowest BCUT2D eigenvalue weighted by Gasteiger charge is -2.32. The van der Waals surface area contributed by atoms with E-state index in [2.05, 4.69) is 5.32 Å². The van der Waals surface area contributed by atoms with Gasteiger partial charge in [0.1, 0.15) is 5.54 Å². The minimum absolute atomic E-state index is 0.151. The van der Waals surface area contributed by atoms with Gasteiger partial charge in [-0.1, -0.05) is 49.4 Å². The van der Waals surface area contributed by atoms with Crippen LogP contribution in [0.25, 0.3) is 0 Å². The van der Waals surface area contributed by atoms with Crippen LogP contribution in [-0.4, -0.2) is 18.1 Å². The van der Waals surface area contributed by atoms with Crippen LogP contribution in [0.3, 0.4) is 0 Å². The zero-order valence-electron chi connectivity index (χ0n) is 12.0. The van der Waals surface area contributed by atoms with Crippen LogP contribution in [-0.2, 0) is 9.53 Å². The zero-order valence-corrected chi connectivity index (χ0v) is 12.7. The highest BCUT2D eigenvalue weighted by Gasteiger charge is 2.40. The topological polar surface area (TPSA) is 38.3 Å². The lowest BCUT2D eigenvalue weighted by molar-refractivity contribution is -0.149. The first-order valence-corrected chi connectivity index (χ1v) is 7.76. The number of carbonyl (C=O) groups excluding carboxylic acids is 1. The van der Waals surface area contributed by atoms with Crippen molar-refractivity contribution in [1.29, 1.82) is 0 Å². The summed E-state index contributed by atoms with van der Waals surface area (Å²) in [5, 5.41) is 4.02. The van der Waals surface area contributed by atoms with E-state index in [1.54, 1.807) is 0 Å². The van der Waals surface area contributed by atoms with Gasteiger partial charge in [0.25, 0.3) is 0 Å². The maximum Gasteiger partial charge on any atom is 0.331 e. The molecular formula is C16H22ClNO2. The predicted molar refractivity (Wildman–Crippen MR) is 82.1 cm³/mol. The molecule has 1 saturated carbocycles. The second kappa shape index (κ2) is 6.98. The second-order valence-corrected chi connectivity index (χ2v) is 5.73. The van der Waals surface area contributed by atoms with Crippen LogP contribution in [0.2, 0.25) is 5.02 Å². The number of hydrogen-bond acceptors (Lipinski definition) is 3. The molecule has 2 rings (SSSR count). The molecule has 20 heavy (non-hydrogen) atoms. The van der Waals surface area contributed by atoms with E-state index in [0.717, 1.165) is 31.4 Å². The van der Waals surface area contributed by atoms with Crippen molar-refractivity contribution >= 4 is 23.3 Å². The van der Waals surface area contributed by atoms with Gasteiger partial charge in [-0.3, -0.25) is 0 Å². The third-order valence-corrected chi connectivity index (χ3v) is 4.20. The molecule has 0 bridgehead atoms. The maximum atomic E-state index is 12.5. The monoisotopic (exact) mass is 295 g/mol. The van der Waals surface area contributed by atoms with Crippen molar-refractivity contribution in [1.82, 2.24) is 0 Å². The summed E-state index contributed by atoms with van der Waals surface area (Å²) < 4.78 is 5.31. The molecule has 3 nitrogen and oxygen atoms in total. The van der Waals surface area contributed by atoms with Crippen molar-refractivity contribution in [3.05, 3.63) is 29.3 Å². The number of ether oxygens (including phenoxy) is 1. The van der Waals surface area contributed by atoms with Gasteiger partial charge in [-0.2, -0.15) is 0 Å². The molecule has 1 aliphatic rings. The third kappa shape index (κ3) is 3.45. The number of anilines is 1. The molecule has 0 spiro atoms. The summed E-state index contributed by atoms with van der Waals surface area (Å²) in [6, 6.07) is 7.55. The van der Waals surface area contributed by atoms with E-state index in [1.165, 1.54) is 12.8 Å². The fourth-order valence-electron chi connectivity index (χ4n) is 2.80. The van der Waals surface area contributed by atoms with Gasteiger partial charge in [-0.25, -0.2) is 4.79 Å². The number of carbonyl (C=O) groups is 1. The van der Waals surface area contributed by atoms with Crippen molar-refractivity contribution in [2.75, 3.05) is 11.9 Å². The summed E-state index contributed by atoms with van der Waals surface area (Å²) in [6.07, 6.45) is 6.03. The lowest BCUT2D eigenvalue weighted by Crippen LogP contribution is -2.47. The SMILES string of the molecule is CCOC(=O)C1(Nc2ccccc2Cl)CCCCCC1. The molecule has 4 heteroatoms. The average Bonchev–Trinajstić information content (AvgIpc) is 2.68. The summed E-state index contributed by atoms with van der Waals surface area (Å²) in [6.45, 7) is 2.25. The van der Waals surface area contributed by atoms with Crippen LogP contribution in [0.1, 0.15) is 45.4 Å². The van der Waals surface area contributed by atoms with Crippen LogP contribution in [0.15, 0.2) is 24.3 Å². The highest BCUT2D eigenvalue weighted by atomic mass is 35.5. The highest BCUT2D eigenvalue weighted by Crippen LogP contribution is 2.34. The number of nitrogens with one attached hydrogen (secondary N) is 1. The Bertz CT molecular complexity index is 454. The first kappa shape index (κ1) is 15.2. The summed E-state index contributed by atoms with van der Waals surface area (Å²) in [5.41, 5.74) is 0.182. The van der Waals surface area contributed by atoms with Gasteiger partial charge >= 0.3 is 5.97 Å². The zero-order chi connectivity index (χ0) is 14.4. The van der Waals surface area contributed by atoms with Crippen LogP contribution >= 0.6 is 11.6 Å². The number of benzene rings is 1. The Balaban J connectivity index is 2.26. The van der Waals surface area contributed by atoms with E-state index in [4.69, 9.17) is 16.3 Å². The van der Waals surface area contributed by atoms with E-state index >= 15 is 0 Å². The minimum Gasteiger partial charge on any atom is -0.464 e. The Morgan fingerprint density at radius 3 is 2.50 bits per heavy atom. The standard InChI is InChI=1S/C16H22ClNO2/c1-2-20-15(19)16(11-7-3-4-8-12-16)18-14-10-6-5-9-13(14)17/h5-6,9-10,18H,2-4,7-8,11-12H2,1H3. The van der Waals surface area contributed by atoms with Crippen LogP contribution in [0.5, 0.6) is 0 Å². The van der Waals surface area contributed by atoms with E-state index in [9.17, 15) is 4.79 Å². The van der Waals surface area contributed by atoms with Gasteiger partial charge in [-0.15, -0.1) is 0 Å². The van der Waals surface area contributed by atoms with Gasteiger partial charge in [0.2, 0.25) is 0 Å². The van der Waals surface area contributed by atoms with Gasteiger partial charge in [0.05, 0.1) is 17.3 Å². The van der Waals surface area contributed by atoms with E-state index in [-0.39, 0.29) is 5.97 Å². The number of halogens is 1. The number of para-hydroxylation sites is 1. The molecule has 110 valence electrons. The number of esters is 1. The van der Waals surface area contributed by atoms with Crippen molar-refractivity contribution in [2.45, 2.75) is 51.0 Å². The van der Waals surface area contributed by atoms with Crippen molar-refractivity contribution in [2.24, 2.45) is 0 Å². The molecule has 0 amide bonds. The second-order valence-electron chi connectivity index (χ2n) is 5.32. The summed E-state index contributed by atoms with van der Waals surface area (Å²) in [4.78, 5) is 12.5. The van der Waals surface area contributed by atoms with Crippen molar-refractivity contribution in [3.8, 4) is 0 Å². The van der Waals surface area contributed by atoms with Gasteiger partial charge in [-0.05, 0) is 31.9 Å². The largest absolute Gasteiger partial charge is 0.464 e. The Kier molecular flexibility index (Phi) is 5.30. The van der Waals surface area contributed by atoms with E-state index in [0.29, 0.717) is 11.6 Å². The quantitative estimate of drug-likeness (QED) is 0.660. The van der Waals surface area contributed by atoms with Crippen LogP contribution in [0.4, 0.5) is 5.69 Å². The van der Waals surface area contributed by atoms with Crippen LogP contribution in [0, 0.1) is 0 Å². The molecule has 0 aliphatic heterocycles. The average molecular weight is 296 g/mol. The molecule has 1 aliphatic carbocycles. The normalized spacial score (nSPS) is 18.1. The summed E-state index contributed by atoms with van der Waals surface area (Å²) in [7, 11) is 0. The number of hydrogen-bond donors (Lipinski definition) is 1. The predicted octanol–water partition coefficient (Wildman–Crippen LogP) is 4.41. The number of rotatable bonds is 4. The first-order valence-electron chi connectivity index (χ1n) is 7.38. The molecule has 0 radical (unpaired) electrons. The molecular weight excluding hydrogens is 274 g/mol. The Labute approximate surface area is 125 Å². The Morgan fingerprint density at radius 1 is 1.25 bits per heavy atom. The molecule has 1 N–H and O–H groups in total. The van der Waals surface area contributed by atoms with Gasteiger partial charge in [0.15, 0.2) is 0 Å².